The first kappa shape index (κ1) is 17.8. The molecule has 0 radical (unpaired) electrons. The molecule has 0 saturated carbocycles. The first-order chi connectivity index (χ1) is 10.4. The van der Waals surface area contributed by atoms with Gasteiger partial charge in [-0.3, -0.25) is 9.59 Å². The van der Waals surface area contributed by atoms with Crippen LogP contribution in [0.2, 0.25) is 5.02 Å². The molecule has 0 saturated heterocycles. The van der Waals surface area contributed by atoms with Gasteiger partial charge in [-0.1, -0.05) is 11.6 Å². The maximum absolute atomic E-state index is 11.7. The van der Waals surface area contributed by atoms with Crippen LogP contribution in [0.4, 0.5) is 0 Å². The molecule has 3 N–H and O–H groups in total. The minimum atomic E-state index is -0.740. The van der Waals surface area contributed by atoms with Gasteiger partial charge in [-0.15, -0.1) is 0 Å². The van der Waals surface area contributed by atoms with E-state index in [4.69, 9.17) is 26.8 Å². The summed E-state index contributed by atoms with van der Waals surface area (Å²) < 4.78 is 10.6. The Morgan fingerprint density at radius 3 is 2.68 bits per heavy atom. The van der Waals surface area contributed by atoms with E-state index < -0.39 is 17.9 Å². The molecular weight excluding hydrogens is 308 g/mol. The molecule has 120 valence electrons. The van der Waals surface area contributed by atoms with E-state index in [1.165, 1.54) is 20.1 Å². The Kier molecular flexibility index (Phi) is 6.72. The van der Waals surface area contributed by atoms with E-state index in [1.54, 1.807) is 18.2 Å². The molecule has 1 atom stereocenters. The Hall–Kier alpha value is -2.21. The topological polar surface area (TPSA) is 90.6 Å². The van der Waals surface area contributed by atoms with Gasteiger partial charge in [0.05, 0.1) is 18.7 Å². The van der Waals surface area contributed by atoms with Gasteiger partial charge in [-0.2, -0.15) is 0 Å². The molecule has 2 amide bonds. The Bertz CT molecular complexity index is 587. The van der Waals surface area contributed by atoms with Crippen LogP contribution < -0.4 is 20.5 Å². The monoisotopic (exact) mass is 326 g/mol. The molecule has 0 heterocycles. The van der Waals surface area contributed by atoms with Crippen molar-refractivity contribution >= 4 is 29.5 Å². The smallest absolute Gasteiger partial charge is 0.244 e. The molecule has 0 bridgehead atoms. The van der Waals surface area contributed by atoms with E-state index in [-0.39, 0.29) is 0 Å². The second-order valence-corrected chi connectivity index (χ2v) is 4.84. The average Bonchev–Trinajstić information content (AvgIpc) is 2.45. The van der Waals surface area contributed by atoms with Crippen LogP contribution in [0.3, 0.4) is 0 Å². The fourth-order valence-corrected chi connectivity index (χ4v) is 1.95. The molecular formula is C15H19ClN2O4. The van der Waals surface area contributed by atoms with Gasteiger partial charge in [-0.05, 0) is 37.6 Å². The summed E-state index contributed by atoms with van der Waals surface area (Å²) in [5.74, 6) is -0.111. The molecule has 0 fully saturated rings. The number of methoxy groups -OCH3 is 1. The number of nitrogens with two attached hydrogens (primary N) is 1. The quantitative estimate of drug-likeness (QED) is 0.747. The van der Waals surface area contributed by atoms with Crippen molar-refractivity contribution in [1.82, 2.24) is 5.32 Å². The lowest BCUT2D eigenvalue weighted by atomic mass is 10.2. The first-order valence-corrected chi connectivity index (χ1v) is 7.05. The molecule has 0 aliphatic carbocycles. The van der Waals surface area contributed by atoms with Gasteiger partial charge in [-0.25, -0.2) is 0 Å². The lowest BCUT2D eigenvalue weighted by Gasteiger charge is -2.12. The average molecular weight is 327 g/mol. The largest absolute Gasteiger partial charge is 0.491 e. The number of hydrogen-bond acceptors (Lipinski definition) is 4. The highest BCUT2D eigenvalue weighted by molar-refractivity contribution is 6.32. The maximum atomic E-state index is 11.7. The highest BCUT2D eigenvalue weighted by Crippen LogP contribution is 2.36. The first-order valence-electron chi connectivity index (χ1n) is 6.67. The predicted molar refractivity (Wildman–Crippen MR) is 85.0 cm³/mol. The zero-order chi connectivity index (χ0) is 16.7. The van der Waals surface area contributed by atoms with Gasteiger partial charge >= 0.3 is 0 Å². The molecule has 7 heteroatoms. The summed E-state index contributed by atoms with van der Waals surface area (Å²) in [7, 11) is 1.50. The van der Waals surface area contributed by atoms with Crippen molar-refractivity contribution in [2.24, 2.45) is 5.73 Å². The van der Waals surface area contributed by atoms with E-state index in [0.717, 1.165) is 0 Å². The molecule has 0 aliphatic heterocycles. The summed E-state index contributed by atoms with van der Waals surface area (Å²) in [5, 5.41) is 2.81. The number of primary amides is 1. The van der Waals surface area contributed by atoms with Crippen molar-refractivity contribution in [3.8, 4) is 11.5 Å². The van der Waals surface area contributed by atoms with Crippen molar-refractivity contribution in [2.45, 2.75) is 19.9 Å². The zero-order valence-electron chi connectivity index (χ0n) is 12.7. The van der Waals surface area contributed by atoms with Crippen molar-refractivity contribution in [3.63, 3.8) is 0 Å². The predicted octanol–water partition coefficient (Wildman–Crippen LogP) is 1.75. The van der Waals surface area contributed by atoms with E-state index >= 15 is 0 Å². The van der Waals surface area contributed by atoms with Gasteiger partial charge in [0.15, 0.2) is 11.5 Å². The third kappa shape index (κ3) is 4.96. The third-order valence-electron chi connectivity index (χ3n) is 2.75. The summed E-state index contributed by atoms with van der Waals surface area (Å²) in [5.41, 5.74) is 5.73. The van der Waals surface area contributed by atoms with Gasteiger partial charge in [0.25, 0.3) is 0 Å². The van der Waals surface area contributed by atoms with Crippen molar-refractivity contribution in [3.05, 3.63) is 28.8 Å². The minimum Gasteiger partial charge on any atom is -0.491 e. The van der Waals surface area contributed by atoms with Gasteiger partial charge in [0, 0.05) is 6.08 Å². The molecule has 6 nitrogen and oxygen atoms in total. The Balaban J connectivity index is 2.91. The van der Waals surface area contributed by atoms with Crippen LogP contribution in [-0.4, -0.2) is 31.6 Å². The lowest BCUT2D eigenvalue weighted by molar-refractivity contribution is -0.124. The van der Waals surface area contributed by atoms with Crippen molar-refractivity contribution < 1.29 is 19.1 Å². The number of carbonyl (C=O) groups excluding carboxylic acids is 2. The van der Waals surface area contributed by atoms with Crippen LogP contribution in [0.25, 0.3) is 6.08 Å². The molecule has 0 aliphatic rings. The van der Waals surface area contributed by atoms with Crippen LogP contribution in [0.5, 0.6) is 11.5 Å². The maximum Gasteiger partial charge on any atom is 0.244 e. The molecule has 1 aromatic carbocycles. The number of carbonyl (C=O) groups is 2. The van der Waals surface area contributed by atoms with Gasteiger partial charge < -0.3 is 20.5 Å². The highest BCUT2D eigenvalue weighted by atomic mass is 35.5. The molecule has 0 spiro atoms. The third-order valence-corrected chi connectivity index (χ3v) is 3.03. The van der Waals surface area contributed by atoms with Crippen LogP contribution in [0.15, 0.2) is 18.2 Å². The Morgan fingerprint density at radius 1 is 1.45 bits per heavy atom. The van der Waals surface area contributed by atoms with Crippen molar-refractivity contribution in [2.75, 3.05) is 13.7 Å². The lowest BCUT2D eigenvalue weighted by Crippen LogP contribution is -2.41. The Morgan fingerprint density at radius 2 is 2.14 bits per heavy atom. The molecule has 1 unspecified atom stereocenters. The van der Waals surface area contributed by atoms with Crippen LogP contribution in [-0.2, 0) is 9.59 Å². The van der Waals surface area contributed by atoms with Crippen LogP contribution in [0.1, 0.15) is 19.4 Å². The number of halogens is 1. The zero-order valence-corrected chi connectivity index (χ0v) is 13.4. The second-order valence-electron chi connectivity index (χ2n) is 4.43. The number of hydrogen-bond donors (Lipinski definition) is 2. The van der Waals surface area contributed by atoms with E-state index in [0.29, 0.717) is 28.7 Å². The van der Waals surface area contributed by atoms with Crippen LogP contribution >= 0.6 is 11.6 Å². The van der Waals surface area contributed by atoms with E-state index in [2.05, 4.69) is 5.32 Å². The summed E-state index contributed by atoms with van der Waals surface area (Å²) >= 11 is 6.11. The molecule has 22 heavy (non-hydrogen) atoms. The highest BCUT2D eigenvalue weighted by Gasteiger charge is 2.12. The van der Waals surface area contributed by atoms with Gasteiger partial charge in [0.2, 0.25) is 11.8 Å². The number of benzene rings is 1. The molecule has 1 rings (SSSR count). The van der Waals surface area contributed by atoms with Gasteiger partial charge in [0.1, 0.15) is 6.04 Å². The summed E-state index contributed by atoms with van der Waals surface area (Å²) in [4.78, 5) is 22.5. The second kappa shape index (κ2) is 8.29. The fraction of sp³-hybridized carbons (Fsp3) is 0.333. The SMILES string of the molecule is CCOc1cc(C=CC(=O)NC(C)C(N)=O)cc(Cl)c1OC. The van der Waals surface area contributed by atoms with E-state index in [1.807, 2.05) is 6.92 Å². The Labute approximate surface area is 134 Å². The summed E-state index contributed by atoms with van der Waals surface area (Å²) in [6, 6.07) is 2.61. The number of nitrogens with one attached hydrogen (secondary N) is 1. The normalized spacial score (nSPS) is 12.0. The molecule has 1 aromatic rings. The van der Waals surface area contributed by atoms with E-state index in [9.17, 15) is 9.59 Å². The van der Waals surface area contributed by atoms with Crippen LogP contribution in [0, 0.1) is 0 Å². The summed E-state index contributed by atoms with van der Waals surface area (Å²) in [6.45, 7) is 3.80. The number of ether oxygens (including phenoxy) is 2. The number of rotatable bonds is 7. The fourth-order valence-electron chi connectivity index (χ4n) is 1.65. The summed E-state index contributed by atoms with van der Waals surface area (Å²) in [6.07, 6.45) is 2.84. The standard InChI is InChI=1S/C15H19ClN2O4/c1-4-22-12-8-10(7-11(16)14(12)21-3)5-6-13(19)18-9(2)15(17)20/h5-9H,4H2,1-3H3,(H2,17,20)(H,18,19). The minimum absolute atomic E-state index is 0.374. The van der Waals surface area contributed by atoms with Crippen molar-refractivity contribution in [1.29, 1.82) is 0 Å². The molecule has 0 aromatic heterocycles. The number of amides is 2.